The molecule has 1 aliphatic rings. The highest BCUT2D eigenvalue weighted by atomic mass is 16.3. The van der Waals surface area contributed by atoms with Gasteiger partial charge in [-0.3, -0.25) is 4.79 Å². The second kappa shape index (κ2) is 7.57. The number of aromatic nitrogens is 2. The molecule has 0 aromatic carbocycles. The van der Waals surface area contributed by atoms with Crippen molar-refractivity contribution in [3.8, 4) is 0 Å². The van der Waals surface area contributed by atoms with Crippen molar-refractivity contribution in [1.29, 1.82) is 0 Å². The number of hydrogen-bond donors (Lipinski definition) is 1. The van der Waals surface area contributed by atoms with Crippen molar-refractivity contribution in [2.24, 2.45) is 0 Å². The lowest BCUT2D eigenvalue weighted by Crippen LogP contribution is -2.40. The molecule has 0 bridgehead atoms. The first-order chi connectivity index (χ1) is 11.6. The van der Waals surface area contributed by atoms with Crippen LogP contribution in [0.25, 0.3) is 0 Å². The number of nitrogens with zero attached hydrogens (tertiary/aromatic N) is 3. The van der Waals surface area contributed by atoms with Gasteiger partial charge in [-0.15, -0.1) is 0 Å². The van der Waals surface area contributed by atoms with Gasteiger partial charge in [-0.1, -0.05) is 0 Å². The lowest BCUT2D eigenvalue weighted by molar-refractivity contribution is 0.0643. The zero-order valence-electron chi connectivity index (χ0n) is 14.3. The van der Waals surface area contributed by atoms with Gasteiger partial charge in [0.05, 0.1) is 5.56 Å². The monoisotopic (exact) mass is 328 g/mol. The normalized spacial score (nSPS) is 18.2. The third kappa shape index (κ3) is 3.82. The molecule has 2 aromatic rings. The Kier molecular flexibility index (Phi) is 5.25. The predicted molar refractivity (Wildman–Crippen MR) is 90.6 cm³/mol. The topological polar surface area (TPSA) is 71.3 Å². The Morgan fingerprint density at radius 2 is 2.08 bits per heavy atom. The maximum atomic E-state index is 13.2. The van der Waals surface area contributed by atoms with Gasteiger partial charge < -0.3 is 14.6 Å². The van der Waals surface area contributed by atoms with Crippen molar-refractivity contribution in [3.63, 3.8) is 0 Å². The minimum Gasteiger partial charge on any atom is -0.466 e. The van der Waals surface area contributed by atoms with Crippen LogP contribution in [0.5, 0.6) is 0 Å². The quantitative estimate of drug-likeness (QED) is 0.933. The molecule has 6 nitrogen and oxygen atoms in total. The van der Waals surface area contributed by atoms with Crippen LogP contribution in [0.4, 0.5) is 0 Å². The van der Waals surface area contributed by atoms with Crippen molar-refractivity contribution < 1.29 is 9.21 Å². The molecule has 6 heteroatoms. The SMILES string of the molecule is Cc1cc(C(=O)N(Cc2cncnc2)C2CCCNCC2)c(C)o1. The second-order valence-corrected chi connectivity index (χ2v) is 6.34. The van der Waals surface area contributed by atoms with Crippen molar-refractivity contribution >= 4 is 5.91 Å². The molecule has 0 radical (unpaired) electrons. The van der Waals surface area contributed by atoms with E-state index in [1.165, 1.54) is 6.33 Å². The smallest absolute Gasteiger partial charge is 0.257 e. The van der Waals surface area contributed by atoms with Gasteiger partial charge in [0.1, 0.15) is 17.8 Å². The van der Waals surface area contributed by atoms with Crippen LogP contribution >= 0.6 is 0 Å². The number of hydrogen-bond acceptors (Lipinski definition) is 5. The number of nitrogens with one attached hydrogen (secondary N) is 1. The van der Waals surface area contributed by atoms with Gasteiger partial charge in [-0.25, -0.2) is 9.97 Å². The van der Waals surface area contributed by atoms with Crippen LogP contribution in [0.2, 0.25) is 0 Å². The summed E-state index contributed by atoms with van der Waals surface area (Å²) in [5.74, 6) is 1.47. The Hall–Kier alpha value is -2.21. The molecule has 128 valence electrons. The average molecular weight is 328 g/mol. The van der Waals surface area contributed by atoms with E-state index in [0.29, 0.717) is 17.9 Å². The van der Waals surface area contributed by atoms with Crippen LogP contribution in [0.3, 0.4) is 0 Å². The van der Waals surface area contributed by atoms with E-state index in [9.17, 15) is 4.79 Å². The fourth-order valence-electron chi connectivity index (χ4n) is 3.29. The van der Waals surface area contributed by atoms with E-state index in [-0.39, 0.29) is 11.9 Å². The second-order valence-electron chi connectivity index (χ2n) is 6.34. The first-order valence-electron chi connectivity index (χ1n) is 8.48. The minimum absolute atomic E-state index is 0.0279. The van der Waals surface area contributed by atoms with E-state index in [0.717, 1.165) is 43.7 Å². The van der Waals surface area contributed by atoms with Gasteiger partial charge in [0, 0.05) is 30.5 Å². The lowest BCUT2D eigenvalue weighted by atomic mass is 10.0. The zero-order chi connectivity index (χ0) is 16.9. The number of rotatable bonds is 4. The number of aryl methyl sites for hydroxylation is 2. The molecule has 1 atom stereocenters. The molecule has 2 aromatic heterocycles. The maximum Gasteiger partial charge on any atom is 0.257 e. The van der Waals surface area contributed by atoms with Gasteiger partial charge in [0.25, 0.3) is 5.91 Å². The number of furan rings is 1. The highest BCUT2D eigenvalue weighted by molar-refractivity contribution is 5.95. The summed E-state index contributed by atoms with van der Waals surface area (Å²) in [5.41, 5.74) is 1.60. The molecule has 24 heavy (non-hydrogen) atoms. The van der Waals surface area contributed by atoms with E-state index >= 15 is 0 Å². The maximum absolute atomic E-state index is 13.2. The first-order valence-corrected chi connectivity index (χ1v) is 8.48. The summed E-state index contributed by atoms with van der Waals surface area (Å²) in [6.07, 6.45) is 8.08. The number of carbonyl (C=O) groups excluding carboxylic acids is 1. The molecule has 0 saturated carbocycles. The molecule has 0 aliphatic carbocycles. The Labute approximate surface area is 142 Å². The van der Waals surface area contributed by atoms with Crippen molar-refractivity contribution in [3.05, 3.63) is 47.4 Å². The Morgan fingerprint density at radius 3 is 2.79 bits per heavy atom. The van der Waals surface area contributed by atoms with E-state index < -0.39 is 0 Å². The summed E-state index contributed by atoms with van der Waals surface area (Å²) >= 11 is 0. The fraction of sp³-hybridized carbons (Fsp3) is 0.500. The van der Waals surface area contributed by atoms with Crippen LogP contribution in [0.1, 0.15) is 46.7 Å². The molecule has 1 saturated heterocycles. The van der Waals surface area contributed by atoms with Gasteiger partial charge in [0.15, 0.2) is 0 Å². The molecular formula is C18H24N4O2. The van der Waals surface area contributed by atoms with Gasteiger partial charge in [-0.05, 0) is 52.3 Å². The lowest BCUT2D eigenvalue weighted by Gasteiger charge is -2.31. The summed E-state index contributed by atoms with van der Waals surface area (Å²) in [6, 6.07) is 2.04. The molecule has 1 aliphatic heterocycles. The zero-order valence-corrected chi connectivity index (χ0v) is 14.3. The van der Waals surface area contributed by atoms with Gasteiger partial charge in [-0.2, -0.15) is 0 Å². The molecule has 1 amide bonds. The van der Waals surface area contributed by atoms with E-state index in [4.69, 9.17) is 4.42 Å². The number of amides is 1. The standard InChI is InChI=1S/C18H24N4O2/c1-13-8-17(14(2)24-13)18(23)22(11-15-9-20-12-21-10-15)16-4-3-6-19-7-5-16/h8-10,12,16,19H,3-7,11H2,1-2H3. The number of carbonyl (C=O) groups is 1. The molecule has 1 fully saturated rings. The molecule has 1 unspecified atom stereocenters. The van der Waals surface area contributed by atoms with E-state index in [2.05, 4.69) is 15.3 Å². The minimum atomic E-state index is 0.0279. The van der Waals surface area contributed by atoms with Crippen LogP contribution in [-0.2, 0) is 6.54 Å². The molecule has 1 N–H and O–H groups in total. The summed E-state index contributed by atoms with van der Waals surface area (Å²) in [5, 5.41) is 3.41. The average Bonchev–Trinajstić information content (AvgIpc) is 2.79. The summed E-state index contributed by atoms with van der Waals surface area (Å²) in [4.78, 5) is 23.3. The van der Waals surface area contributed by atoms with Gasteiger partial charge >= 0.3 is 0 Å². The van der Waals surface area contributed by atoms with Crippen LogP contribution in [0, 0.1) is 13.8 Å². The van der Waals surface area contributed by atoms with Crippen molar-refractivity contribution in [2.75, 3.05) is 13.1 Å². The van der Waals surface area contributed by atoms with Crippen molar-refractivity contribution in [2.45, 2.75) is 45.7 Å². The van der Waals surface area contributed by atoms with Gasteiger partial charge in [0.2, 0.25) is 0 Å². The summed E-state index contributed by atoms with van der Waals surface area (Å²) < 4.78 is 5.56. The third-order valence-corrected chi connectivity index (χ3v) is 4.49. The van der Waals surface area contributed by atoms with Crippen LogP contribution in [-0.4, -0.2) is 39.9 Å². The Morgan fingerprint density at radius 1 is 1.29 bits per heavy atom. The van der Waals surface area contributed by atoms with E-state index in [1.807, 2.05) is 24.8 Å². The summed E-state index contributed by atoms with van der Waals surface area (Å²) in [7, 11) is 0. The van der Waals surface area contributed by atoms with Crippen molar-refractivity contribution in [1.82, 2.24) is 20.2 Å². The molecule has 0 spiro atoms. The van der Waals surface area contributed by atoms with E-state index in [1.54, 1.807) is 12.4 Å². The highest BCUT2D eigenvalue weighted by Gasteiger charge is 2.28. The van der Waals surface area contributed by atoms with Crippen LogP contribution in [0.15, 0.2) is 29.2 Å². The van der Waals surface area contributed by atoms with Crippen LogP contribution < -0.4 is 5.32 Å². The largest absolute Gasteiger partial charge is 0.466 e. The first kappa shape index (κ1) is 16.6. The fourth-order valence-corrected chi connectivity index (χ4v) is 3.29. The Balaban J connectivity index is 1.88. The third-order valence-electron chi connectivity index (χ3n) is 4.49. The molecule has 3 heterocycles. The molecular weight excluding hydrogens is 304 g/mol. The molecule has 3 rings (SSSR count). The Bertz CT molecular complexity index is 676. The highest BCUT2D eigenvalue weighted by Crippen LogP contribution is 2.22. The summed E-state index contributed by atoms with van der Waals surface area (Å²) in [6.45, 7) is 6.18. The predicted octanol–water partition coefficient (Wildman–Crippen LogP) is 2.47.